The first kappa shape index (κ1) is 22.7. The van der Waals surface area contributed by atoms with Gasteiger partial charge in [-0.2, -0.15) is 0 Å². The van der Waals surface area contributed by atoms with E-state index in [1.165, 1.54) is 0 Å². The van der Waals surface area contributed by atoms with Gasteiger partial charge in [-0.1, -0.05) is 42.5 Å². The maximum absolute atomic E-state index is 12.4. The monoisotopic (exact) mass is 439 g/mol. The molecule has 2 amide bonds. The van der Waals surface area contributed by atoms with Crippen LogP contribution in [0.1, 0.15) is 61.5 Å². The van der Waals surface area contributed by atoms with E-state index in [0.29, 0.717) is 12.1 Å². The molecule has 0 aliphatic heterocycles. The molecule has 31 heavy (non-hydrogen) atoms. The summed E-state index contributed by atoms with van der Waals surface area (Å²) < 4.78 is 5.45. The summed E-state index contributed by atoms with van der Waals surface area (Å²) >= 11 is 5.26. The van der Waals surface area contributed by atoms with Gasteiger partial charge in [0.2, 0.25) is 0 Å². The fourth-order valence-electron chi connectivity index (χ4n) is 3.49. The number of benzene rings is 2. The SMILES string of the molecule is CC(C)(C)OC(=O)NC1(c2cccc(CNC(=S)NC(=O)c3ccccc3)c2)CCC1. The van der Waals surface area contributed by atoms with Gasteiger partial charge < -0.3 is 15.4 Å². The maximum Gasteiger partial charge on any atom is 0.408 e. The van der Waals surface area contributed by atoms with Crippen LogP contribution in [0.5, 0.6) is 0 Å². The van der Waals surface area contributed by atoms with Gasteiger partial charge in [0.1, 0.15) is 5.60 Å². The average Bonchev–Trinajstić information content (AvgIpc) is 2.69. The molecule has 0 unspecified atom stereocenters. The summed E-state index contributed by atoms with van der Waals surface area (Å²) in [4.78, 5) is 24.6. The predicted octanol–water partition coefficient (Wildman–Crippen LogP) is 4.40. The maximum atomic E-state index is 12.4. The van der Waals surface area contributed by atoms with E-state index in [1.54, 1.807) is 24.3 Å². The predicted molar refractivity (Wildman–Crippen MR) is 125 cm³/mol. The largest absolute Gasteiger partial charge is 0.444 e. The van der Waals surface area contributed by atoms with Gasteiger partial charge in [0, 0.05) is 12.1 Å². The highest BCUT2D eigenvalue weighted by molar-refractivity contribution is 7.80. The topological polar surface area (TPSA) is 79.5 Å². The summed E-state index contributed by atoms with van der Waals surface area (Å²) in [5, 5.41) is 9.11. The standard InChI is InChI=1S/C24H29N3O3S/c1-23(2,3)30-22(29)27-24(13-8-14-24)19-12-7-9-17(15-19)16-25-21(31)26-20(28)18-10-5-4-6-11-18/h4-7,9-12,15H,8,13-14,16H2,1-3H3,(H,27,29)(H2,25,26,28,31). The van der Waals surface area contributed by atoms with Gasteiger partial charge in [0.25, 0.3) is 5.91 Å². The third-order valence-corrected chi connectivity index (χ3v) is 5.39. The minimum atomic E-state index is -0.541. The summed E-state index contributed by atoms with van der Waals surface area (Å²) in [6.07, 6.45) is 2.39. The van der Waals surface area contributed by atoms with Crippen molar-refractivity contribution in [3.8, 4) is 0 Å². The van der Waals surface area contributed by atoms with Crippen molar-refractivity contribution in [2.24, 2.45) is 0 Å². The molecule has 2 aromatic carbocycles. The van der Waals surface area contributed by atoms with Gasteiger partial charge in [0.05, 0.1) is 5.54 Å². The van der Waals surface area contributed by atoms with Crippen molar-refractivity contribution < 1.29 is 14.3 Å². The molecule has 0 bridgehead atoms. The Hall–Kier alpha value is -2.93. The number of hydrogen-bond donors (Lipinski definition) is 3. The number of thiocarbonyl (C=S) groups is 1. The van der Waals surface area contributed by atoms with Crippen molar-refractivity contribution in [2.75, 3.05) is 0 Å². The Morgan fingerprint density at radius 1 is 1.06 bits per heavy atom. The van der Waals surface area contributed by atoms with Crippen LogP contribution in [-0.2, 0) is 16.8 Å². The van der Waals surface area contributed by atoms with Crippen LogP contribution in [0.15, 0.2) is 54.6 Å². The van der Waals surface area contributed by atoms with E-state index in [1.807, 2.05) is 45.0 Å². The summed E-state index contributed by atoms with van der Waals surface area (Å²) in [5.41, 5.74) is 1.66. The van der Waals surface area contributed by atoms with E-state index in [0.717, 1.165) is 30.4 Å². The summed E-state index contributed by atoms with van der Waals surface area (Å²) in [6, 6.07) is 17.0. The lowest BCUT2D eigenvalue weighted by Crippen LogP contribution is -2.52. The van der Waals surface area contributed by atoms with Crippen molar-refractivity contribution in [1.82, 2.24) is 16.0 Å². The molecule has 1 aliphatic rings. The fraction of sp³-hybridized carbons (Fsp3) is 0.375. The first-order valence-corrected chi connectivity index (χ1v) is 10.8. The Morgan fingerprint density at radius 3 is 2.39 bits per heavy atom. The van der Waals surface area contributed by atoms with Crippen LogP contribution in [0.4, 0.5) is 4.79 Å². The first-order chi connectivity index (χ1) is 14.7. The smallest absolute Gasteiger partial charge is 0.408 e. The molecule has 2 aromatic rings. The van der Waals surface area contributed by atoms with E-state index in [4.69, 9.17) is 17.0 Å². The molecule has 0 spiro atoms. The average molecular weight is 440 g/mol. The molecular weight excluding hydrogens is 410 g/mol. The van der Waals surface area contributed by atoms with Crippen LogP contribution in [0.3, 0.4) is 0 Å². The molecule has 3 rings (SSSR count). The van der Waals surface area contributed by atoms with Crippen molar-refractivity contribution in [3.05, 3.63) is 71.3 Å². The molecule has 0 heterocycles. The zero-order chi connectivity index (χ0) is 22.5. The van der Waals surface area contributed by atoms with Crippen LogP contribution >= 0.6 is 12.2 Å². The third kappa shape index (κ3) is 6.28. The second-order valence-electron chi connectivity index (χ2n) is 8.77. The van der Waals surface area contributed by atoms with Gasteiger partial charge >= 0.3 is 6.09 Å². The molecule has 164 valence electrons. The number of ether oxygens (including phenoxy) is 1. The van der Waals surface area contributed by atoms with Crippen molar-refractivity contribution in [3.63, 3.8) is 0 Å². The molecule has 0 radical (unpaired) electrons. The zero-order valence-corrected chi connectivity index (χ0v) is 19.0. The number of nitrogens with one attached hydrogen (secondary N) is 3. The highest BCUT2D eigenvalue weighted by Gasteiger charge is 2.41. The van der Waals surface area contributed by atoms with Gasteiger partial charge in [-0.15, -0.1) is 0 Å². The lowest BCUT2D eigenvalue weighted by molar-refractivity contribution is 0.0377. The molecule has 0 atom stereocenters. The quantitative estimate of drug-likeness (QED) is 0.602. The normalized spacial score (nSPS) is 14.7. The van der Waals surface area contributed by atoms with Crippen LogP contribution in [0, 0.1) is 0 Å². The van der Waals surface area contributed by atoms with Crippen molar-refractivity contribution in [2.45, 2.75) is 57.7 Å². The number of hydrogen-bond acceptors (Lipinski definition) is 4. The minimum Gasteiger partial charge on any atom is -0.444 e. The first-order valence-electron chi connectivity index (χ1n) is 10.4. The molecular formula is C24H29N3O3S. The van der Waals surface area contributed by atoms with E-state index in [9.17, 15) is 9.59 Å². The Labute approximate surface area is 188 Å². The molecule has 3 N–H and O–H groups in total. The van der Waals surface area contributed by atoms with Crippen molar-refractivity contribution >= 4 is 29.3 Å². The zero-order valence-electron chi connectivity index (χ0n) is 18.2. The molecule has 1 fully saturated rings. The van der Waals surface area contributed by atoms with Crippen LogP contribution < -0.4 is 16.0 Å². The lowest BCUT2D eigenvalue weighted by atomic mass is 9.71. The number of alkyl carbamates (subject to hydrolysis) is 1. The Balaban J connectivity index is 1.60. The van der Waals surface area contributed by atoms with Crippen molar-refractivity contribution in [1.29, 1.82) is 0 Å². The molecule has 1 aliphatic carbocycles. The highest BCUT2D eigenvalue weighted by atomic mass is 32.1. The lowest BCUT2D eigenvalue weighted by Gasteiger charge is -2.43. The summed E-state index contributed by atoms with van der Waals surface area (Å²) in [5.74, 6) is -0.248. The second kappa shape index (κ2) is 9.47. The summed E-state index contributed by atoms with van der Waals surface area (Å²) in [7, 11) is 0. The molecule has 6 nitrogen and oxygen atoms in total. The van der Waals surface area contributed by atoms with Crippen LogP contribution in [0.25, 0.3) is 0 Å². The minimum absolute atomic E-state index is 0.248. The molecule has 0 aromatic heterocycles. The molecule has 7 heteroatoms. The van der Waals surface area contributed by atoms with Gasteiger partial charge in [-0.3, -0.25) is 10.1 Å². The molecule has 1 saturated carbocycles. The van der Waals surface area contributed by atoms with E-state index in [2.05, 4.69) is 22.0 Å². The Bertz CT molecular complexity index is 950. The second-order valence-corrected chi connectivity index (χ2v) is 9.17. The summed E-state index contributed by atoms with van der Waals surface area (Å²) in [6.45, 7) is 6.02. The number of carbonyl (C=O) groups is 2. The third-order valence-electron chi connectivity index (χ3n) is 5.14. The van der Waals surface area contributed by atoms with Gasteiger partial charge in [-0.25, -0.2) is 4.79 Å². The number of carbonyl (C=O) groups excluding carboxylic acids is 2. The van der Waals surface area contributed by atoms with E-state index < -0.39 is 17.2 Å². The number of amides is 2. The van der Waals surface area contributed by atoms with Crippen LogP contribution in [0.2, 0.25) is 0 Å². The van der Waals surface area contributed by atoms with E-state index in [-0.39, 0.29) is 11.0 Å². The van der Waals surface area contributed by atoms with Crippen LogP contribution in [-0.4, -0.2) is 22.7 Å². The number of rotatable bonds is 5. The molecule has 0 saturated heterocycles. The van der Waals surface area contributed by atoms with E-state index >= 15 is 0 Å². The Kier molecular flexibility index (Phi) is 6.95. The highest BCUT2D eigenvalue weighted by Crippen LogP contribution is 2.41. The Morgan fingerprint density at radius 2 is 1.77 bits per heavy atom. The van der Waals surface area contributed by atoms with Gasteiger partial charge in [0.15, 0.2) is 5.11 Å². The fourth-order valence-corrected chi connectivity index (χ4v) is 3.65. The van der Waals surface area contributed by atoms with Gasteiger partial charge in [-0.05, 0) is 75.5 Å².